The molecule has 0 aliphatic heterocycles. The number of nitrogens with zero attached hydrogens (tertiary/aromatic N) is 4. The lowest BCUT2D eigenvalue weighted by Crippen LogP contribution is -2.40. The summed E-state index contributed by atoms with van der Waals surface area (Å²) in [4.78, 5) is 38.0. The molecule has 0 aliphatic carbocycles. The number of nitrogen functional groups attached to an aromatic ring is 1. The van der Waals surface area contributed by atoms with E-state index in [-0.39, 0.29) is 24.9 Å². The number of hydrogen-bond acceptors (Lipinski definition) is 7. The van der Waals surface area contributed by atoms with Crippen LogP contribution in [0.4, 0.5) is 11.8 Å². The monoisotopic (exact) mass is 264 g/mol. The van der Waals surface area contributed by atoms with Crippen LogP contribution in [0.25, 0.3) is 11.2 Å². The second-order valence-corrected chi connectivity index (χ2v) is 3.80. The lowest BCUT2D eigenvalue weighted by Gasteiger charge is -2.20. The van der Waals surface area contributed by atoms with Crippen molar-refractivity contribution in [3.8, 4) is 0 Å². The molecule has 7 N–H and O–H groups in total. The lowest BCUT2D eigenvalue weighted by atomic mass is 10.4. The zero-order chi connectivity index (χ0) is 14.0. The summed E-state index contributed by atoms with van der Waals surface area (Å²) in [5.41, 5.74) is 16.6. The molecular weight excluding hydrogens is 252 g/mol. The molecule has 2 heterocycles. The van der Waals surface area contributed by atoms with Crippen LogP contribution in [0.3, 0.4) is 0 Å². The SMILES string of the molecule is NC(=O)CN(CC(N)=O)c1nc(N)nc2nc[nH]c12. The van der Waals surface area contributed by atoms with Crippen LogP contribution < -0.4 is 22.1 Å². The summed E-state index contributed by atoms with van der Waals surface area (Å²) in [5.74, 6) is -1.05. The van der Waals surface area contributed by atoms with Gasteiger partial charge in [0.1, 0.15) is 5.52 Å². The number of rotatable bonds is 5. The number of carbonyl (C=O) groups is 2. The summed E-state index contributed by atoms with van der Waals surface area (Å²) < 4.78 is 0. The Balaban J connectivity index is 2.50. The molecular formula is C9H12N8O2. The number of H-pyrrole nitrogens is 1. The molecule has 0 aliphatic rings. The largest absolute Gasteiger partial charge is 0.368 e. The molecule has 0 saturated heterocycles. The first-order valence-corrected chi connectivity index (χ1v) is 5.25. The standard InChI is InChI=1S/C9H12N8O2/c10-4(18)1-17(2-5(11)19)8-6-7(14-3-13-6)15-9(12)16-8/h3H,1-2H2,(H2,10,18)(H2,11,19)(H3,12,13,14,15,16). The van der Waals surface area contributed by atoms with Crippen LogP contribution in [0.2, 0.25) is 0 Å². The minimum atomic E-state index is -0.633. The van der Waals surface area contributed by atoms with E-state index in [1.165, 1.54) is 11.2 Å². The fourth-order valence-electron chi connectivity index (χ4n) is 1.65. The van der Waals surface area contributed by atoms with Crippen molar-refractivity contribution in [3.63, 3.8) is 0 Å². The average molecular weight is 264 g/mol. The van der Waals surface area contributed by atoms with Gasteiger partial charge in [0.05, 0.1) is 19.4 Å². The van der Waals surface area contributed by atoms with Crippen molar-refractivity contribution in [2.75, 3.05) is 23.7 Å². The zero-order valence-corrected chi connectivity index (χ0v) is 9.83. The molecule has 2 rings (SSSR count). The molecule has 2 amide bonds. The van der Waals surface area contributed by atoms with Gasteiger partial charge in [-0.1, -0.05) is 0 Å². The summed E-state index contributed by atoms with van der Waals surface area (Å²) in [6.45, 7) is -0.457. The number of fused-ring (bicyclic) bond motifs is 1. The predicted molar refractivity (Wildman–Crippen MR) is 66.7 cm³/mol. The van der Waals surface area contributed by atoms with Gasteiger partial charge in [0.15, 0.2) is 11.5 Å². The molecule has 10 nitrogen and oxygen atoms in total. The second kappa shape index (κ2) is 4.76. The number of nitrogens with two attached hydrogens (primary N) is 3. The molecule has 0 saturated carbocycles. The Morgan fingerprint density at radius 3 is 2.42 bits per heavy atom. The quantitative estimate of drug-likeness (QED) is 0.470. The average Bonchev–Trinajstić information content (AvgIpc) is 2.73. The molecule has 0 atom stereocenters. The van der Waals surface area contributed by atoms with Crippen molar-refractivity contribution in [3.05, 3.63) is 6.33 Å². The molecule has 0 unspecified atom stereocenters. The Morgan fingerprint density at radius 2 is 1.84 bits per heavy atom. The first-order chi connectivity index (χ1) is 8.97. The number of nitrogens with one attached hydrogen (secondary N) is 1. The summed E-state index contributed by atoms with van der Waals surface area (Å²) in [5, 5.41) is 0. The summed E-state index contributed by atoms with van der Waals surface area (Å²) in [6, 6.07) is 0. The Kier molecular flexibility index (Phi) is 3.14. The number of primary amides is 2. The number of amides is 2. The van der Waals surface area contributed by atoms with Crippen molar-refractivity contribution in [1.29, 1.82) is 0 Å². The number of carbonyl (C=O) groups excluding carboxylic acids is 2. The van der Waals surface area contributed by atoms with Crippen LogP contribution in [0.1, 0.15) is 0 Å². The van der Waals surface area contributed by atoms with E-state index in [1.54, 1.807) is 0 Å². The van der Waals surface area contributed by atoms with Crippen molar-refractivity contribution in [2.24, 2.45) is 11.5 Å². The third-order valence-electron chi connectivity index (χ3n) is 2.28. The molecule has 0 aromatic carbocycles. The van der Waals surface area contributed by atoms with E-state index in [0.717, 1.165) is 0 Å². The molecule has 0 radical (unpaired) electrons. The molecule has 0 spiro atoms. The topological polar surface area (TPSA) is 170 Å². The van der Waals surface area contributed by atoms with Crippen LogP contribution in [-0.2, 0) is 9.59 Å². The van der Waals surface area contributed by atoms with E-state index in [0.29, 0.717) is 11.2 Å². The number of aromatic amines is 1. The van der Waals surface area contributed by atoms with Crippen molar-refractivity contribution in [1.82, 2.24) is 19.9 Å². The van der Waals surface area contributed by atoms with Gasteiger partial charge in [-0.25, -0.2) is 4.98 Å². The zero-order valence-electron chi connectivity index (χ0n) is 9.83. The highest BCUT2D eigenvalue weighted by molar-refractivity contribution is 5.90. The third kappa shape index (κ3) is 2.68. The highest BCUT2D eigenvalue weighted by Crippen LogP contribution is 2.21. The Morgan fingerprint density at radius 1 is 1.21 bits per heavy atom. The van der Waals surface area contributed by atoms with Gasteiger partial charge in [-0.15, -0.1) is 0 Å². The molecule has 0 bridgehead atoms. The highest BCUT2D eigenvalue weighted by Gasteiger charge is 2.19. The second-order valence-electron chi connectivity index (χ2n) is 3.80. The number of hydrogen-bond donors (Lipinski definition) is 4. The van der Waals surface area contributed by atoms with Crippen molar-refractivity contribution < 1.29 is 9.59 Å². The minimum absolute atomic E-state index is 0.0338. The van der Waals surface area contributed by atoms with Gasteiger partial charge in [-0.2, -0.15) is 9.97 Å². The van der Waals surface area contributed by atoms with Crippen molar-refractivity contribution >= 4 is 34.7 Å². The van der Waals surface area contributed by atoms with E-state index in [2.05, 4.69) is 19.9 Å². The maximum atomic E-state index is 11.1. The summed E-state index contributed by atoms with van der Waals surface area (Å²) in [7, 11) is 0. The molecule has 19 heavy (non-hydrogen) atoms. The first-order valence-electron chi connectivity index (χ1n) is 5.25. The van der Waals surface area contributed by atoms with E-state index in [1.807, 2.05) is 0 Å². The van der Waals surface area contributed by atoms with Crippen LogP contribution in [0, 0.1) is 0 Å². The van der Waals surface area contributed by atoms with Gasteiger partial charge >= 0.3 is 0 Å². The molecule has 2 aromatic rings. The lowest BCUT2D eigenvalue weighted by molar-refractivity contribution is -0.117. The molecule has 10 heteroatoms. The highest BCUT2D eigenvalue weighted by atomic mass is 16.2. The predicted octanol–water partition coefficient (Wildman–Crippen LogP) is -2.29. The number of anilines is 2. The Bertz CT molecular complexity index is 620. The van der Waals surface area contributed by atoms with Gasteiger partial charge in [0.2, 0.25) is 17.8 Å². The van der Waals surface area contributed by atoms with Gasteiger partial charge in [-0.05, 0) is 0 Å². The van der Waals surface area contributed by atoms with Gasteiger partial charge in [-0.3, -0.25) is 9.59 Å². The third-order valence-corrected chi connectivity index (χ3v) is 2.28. The number of imidazole rings is 1. The normalized spacial score (nSPS) is 10.5. The maximum absolute atomic E-state index is 11.1. The van der Waals surface area contributed by atoms with Crippen LogP contribution in [0.15, 0.2) is 6.33 Å². The summed E-state index contributed by atoms with van der Waals surface area (Å²) >= 11 is 0. The maximum Gasteiger partial charge on any atom is 0.237 e. The smallest absolute Gasteiger partial charge is 0.237 e. The first kappa shape index (κ1) is 12.5. The van der Waals surface area contributed by atoms with E-state index in [9.17, 15) is 9.59 Å². The fourth-order valence-corrected chi connectivity index (χ4v) is 1.65. The van der Waals surface area contributed by atoms with E-state index >= 15 is 0 Å². The summed E-state index contributed by atoms with van der Waals surface area (Å²) in [6.07, 6.45) is 1.40. The van der Waals surface area contributed by atoms with Crippen LogP contribution >= 0.6 is 0 Å². The van der Waals surface area contributed by atoms with E-state index < -0.39 is 11.8 Å². The molecule has 100 valence electrons. The van der Waals surface area contributed by atoms with Crippen LogP contribution in [0.5, 0.6) is 0 Å². The molecule has 2 aromatic heterocycles. The minimum Gasteiger partial charge on any atom is -0.368 e. The van der Waals surface area contributed by atoms with E-state index in [4.69, 9.17) is 17.2 Å². The van der Waals surface area contributed by atoms with Crippen molar-refractivity contribution in [2.45, 2.75) is 0 Å². The van der Waals surface area contributed by atoms with Gasteiger partial charge < -0.3 is 27.1 Å². The fraction of sp³-hybridized carbons (Fsp3) is 0.222. The molecule has 0 fully saturated rings. The Hall–Kier alpha value is -2.91. The number of aromatic nitrogens is 4. The van der Waals surface area contributed by atoms with Gasteiger partial charge in [0.25, 0.3) is 0 Å². The van der Waals surface area contributed by atoms with Crippen LogP contribution in [-0.4, -0.2) is 44.8 Å². The Labute approximate surface area is 107 Å². The van der Waals surface area contributed by atoms with Gasteiger partial charge in [0, 0.05) is 0 Å².